The van der Waals surface area contributed by atoms with Gasteiger partial charge in [0, 0.05) is 6.54 Å². The molecule has 0 unspecified atom stereocenters. The van der Waals surface area contributed by atoms with E-state index in [4.69, 9.17) is 4.74 Å². The van der Waals surface area contributed by atoms with Crippen molar-refractivity contribution in [1.29, 1.82) is 0 Å². The van der Waals surface area contributed by atoms with Crippen LogP contribution in [0.4, 0.5) is 0 Å². The van der Waals surface area contributed by atoms with Crippen LogP contribution >= 0.6 is 0 Å². The summed E-state index contributed by atoms with van der Waals surface area (Å²) in [5.41, 5.74) is 0. The number of hydrogen-bond donors (Lipinski definition) is 0. The highest BCUT2D eigenvalue weighted by Gasteiger charge is 2.06. The van der Waals surface area contributed by atoms with Crippen molar-refractivity contribution in [2.45, 2.75) is 26.9 Å². The first-order chi connectivity index (χ1) is 5.18. The molecule has 0 saturated heterocycles. The second kappa shape index (κ2) is 3.56. The summed E-state index contributed by atoms with van der Waals surface area (Å²) >= 11 is 0. The highest BCUT2D eigenvalue weighted by molar-refractivity contribution is 5.88. The first-order valence-electron chi connectivity index (χ1n) is 4.08. The standard InChI is InChI=1S/C9H15NO/c1-7(2)11-9-5-4-8(3)6-10-9/h4-5,7-8H,6H2,1-3H3/t8-/m0/s1. The van der Waals surface area contributed by atoms with E-state index in [9.17, 15) is 0 Å². The Morgan fingerprint density at radius 2 is 2.36 bits per heavy atom. The van der Waals surface area contributed by atoms with E-state index in [-0.39, 0.29) is 6.10 Å². The molecule has 0 saturated carbocycles. The van der Waals surface area contributed by atoms with Crippen molar-refractivity contribution < 1.29 is 4.74 Å². The topological polar surface area (TPSA) is 21.6 Å². The maximum Gasteiger partial charge on any atom is 0.208 e. The minimum absolute atomic E-state index is 0.229. The number of ether oxygens (including phenoxy) is 1. The van der Waals surface area contributed by atoms with Gasteiger partial charge in [-0.05, 0) is 25.8 Å². The molecular weight excluding hydrogens is 138 g/mol. The Balaban J connectivity index is 2.43. The first-order valence-corrected chi connectivity index (χ1v) is 4.08. The van der Waals surface area contributed by atoms with E-state index >= 15 is 0 Å². The van der Waals surface area contributed by atoms with Crippen LogP contribution in [0.15, 0.2) is 17.1 Å². The molecule has 0 aromatic carbocycles. The normalized spacial score (nSPS) is 23.6. The summed E-state index contributed by atoms with van der Waals surface area (Å²) in [7, 11) is 0. The average molecular weight is 153 g/mol. The Hall–Kier alpha value is -0.790. The zero-order chi connectivity index (χ0) is 8.27. The maximum atomic E-state index is 5.40. The highest BCUT2D eigenvalue weighted by atomic mass is 16.5. The molecule has 1 atom stereocenters. The van der Waals surface area contributed by atoms with E-state index in [0.29, 0.717) is 5.92 Å². The van der Waals surface area contributed by atoms with Crippen LogP contribution < -0.4 is 0 Å². The summed E-state index contributed by atoms with van der Waals surface area (Å²) in [6, 6.07) is 0. The van der Waals surface area contributed by atoms with Crippen molar-refractivity contribution in [3.05, 3.63) is 12.2 Å². The van der Waals surface area contributed by atoms with E-state index < -0.39 is 0 Å². The Bertz CT molecular complexity index is 182. The quantitative estimate of drug-likeness (QED) is 0.564. The summed E-state index contributed by atoms with van der Waals surface area (Å²) < 4.78 is 5.40. The Kier molecular flexibility index (Phi) is 2.69. The SMILES string of the molecule is CC(C)OC1=NC[C@@H](C)C=C1. The second-order valence-corrected chi connectivity index (χ2v) is 3.18. The van der Waals surface area contributed by atoms with Crippen LogP contribution in [0.5, 0.6) is 0 Å². The van der Waals surface area contributed by atoms with Crippen molar-refractivity contribution in [3.63, 3.8) is 0 Å². The summed E-state index contributed by atoms with van der Waals surface area (Å²) in [6.07, 6.45) is 4.31. The van der Waals surface area contributed by atoms with Gasteiger partial charge in [-0.25, -0.2) is 0 Å². The van der Waals surface area contributed by atoms with Crippen molar-refractivity contribution >= 4 is 5.90 Å². The third kappa shape index (κ3) is 2.74. The number of aliphatic imine (C=N–C) groups is 1. The first kappa shape index (κ1) is 8.31. The number of dihydropyridines is 1. The molecule has 0 fully saturated rings. The monoisotopic (exact) mass is 153 g/mol. The van der Waals surface area contributed by atoms with Gasteiger partial charge in [0.15, 0.2) is 0 Å². The maximum absolute atomic E-state index is 5.40. The largest absolute Gasteiger partial charge is 0.475 e. The van der Waals surface area contributed by atoms with Gasteiger partial charge in [-0.1, -0.05) is 13.0 Å². The molecule has 1 rings (SSSR count). The van der Waals surface area contributed by atoms with Gasteiger partial charge in [0.25, 0.3) is 0 Å². The van der Waals surface area contributed by atoms with Gasteiger partial charge in [0.1, 0.15) is 0 Å². The van der Waals surface area contributed by atoms with E-state index in [1.165, 1.54) is 0 Å². The van der Waals surface area contributed by atoms with Crippen LogP contribution in [0.3, 0.4) is 0 Å². The summed E-state index contributed by atoms with van der Waals surface area (Å²) in [5.74, 6) is 1.34. The van der Waals surface area contributed by atoms with Gasteiger partial charge in [-0.15, -0.1) is 0 Å². The van der Waals surface area contributed by atoms with Crippen molar-refractivity contribution in [2.24, 2.45) is 10.9 Å². The predicted molar refractivity (Wildman–Crippen MR) is 46.8 cm³/mol. The van der Waals surface area contributed by atoms with E-state index in [1.807, 2.05) is 19.9 Å². The molecule has 0 aromatic heterocycles. The molecule has 1 aliphatic heterocycles. The van der Waals surface area contributed by atoms with Crippen molar-refractivity contribution in [3.8, 4) is 0 Å². The lowest BCUT2D eigenvalue weighted by Gasteiger charge is -2.14. The zero-order valence-corrected chi connectivity index (χ0v) is 7.37. The molecule has 0 amide bonds. The molecule has 0 bridgehead atoms. The van der Waals surface area contributed by atoms with Gasteiger partial charge >= 0.3 is 0 Å². The van der Waals surface area contributed by atoms with Crippen LogP contribution in [0, 0.1) is 5.92 Å². The van der Waals surface area contributed by atoms with Crippen LogP contribution in [-0.4, -0.2) is 18.5 Å². The third-order valence-corrected chi connectivity index (χ3v) is 1.46. The van der Waals surface area contributed by atoms with Crippen LogP contribution in [0.2, 0.25) is 0 Å². The minimum atomic E-state index is 0.229. The molecule has 62 valence electrons. The number of nitrogens with zero attached hydrogens (tertiary/aromatic N) is 1. The molecule has 1 heterocycles. The molecule has 1 aliphatic rings. The Morgan fingerprint density at radius 3 is 2.82 bits per heavy atom. The van der Waals surface area contributed by atoms with Gasteiger partial charge in [-0.2, -0.15) is 0 Å². The van der Waals surface area contributed by atoms with E-state index in [0.717, 1.165) is 12.4 Å². The number of rotatable bonds is 1. The van der Waals surface area contributed by atoms with Gasteiger partial charge in [0.05, 0.1) is 6.10 Å². The molecule has 2 nitrogen and oxygen atoms in total. The molecular formula is C9H15NO. The fraction of sp³-hybridized carbons (Fsp3) is 0.667. The summed E-state index contributed by atoms with van der Waals surface area (Å²) in [4.78, 5) is 4.26. The predicted octanol–water partition coefficient (Wildman–Crippen LogP) is 2.02. The second-order valence-electron chi connectivity index (χ2n) is 3.18. The molecule has 0 aliphatic carbocycles. The number of hydrogen-bond acceptors (Lipinski definition) is 2. The lowest BCUT2D eigenvalue weighted by atomic mass is 10.1. The highest BCUT2D eigenvalue weighted by Crippen LogP contribution is 2.06. The van der Waals surface area contributed by atoms with Gasteiger partial charge in [0.2, 0.25) is 5.90 Å². The van der Waals surface area contributed by atoms with Crippen molar-refractivity contribution in [1.82, 2.24) is 0 Å². The van der Waals surface area contributed by atoms with Crippen molar-refractivity contribution in [2.75, 3.05) is 6.54 Å². The molecule has 0 spiro atoms. The Labute approximate surface area is 68.0 Å². The summed E-state index contributed by atoms with van der Waals surface area (Å²) in [6.45, 7) is 7.02. The van der Waals surface area contributed by atoms with E-state index in [2.05, 4.69) is 18.0 Å². The van der Waals surface area contributed by atoms with Crippen LogP contribution in [-0.2, 0) is 4.74 Å². The van der Waals surface area contributed by atoms with E-state index in [1.54, 1.807) is 0 Å². The fourth-order valence-electron chi connectivity index (χ4n) is 0.912. The van der Waals surface area contributed by atoms with Gasteiger partial charge < -0.3 is 4.74 Å². The molecule has 11 heavy (non-hydrogen) atoms. The molecule has 0 aromatic rings. The smallest absolute Gasteiger partial charge is 0.208 e. The molecule has 0 radical (unpaired) electrons. The fourth-order valence-corrected chi connectivity index (χ4v) is 0.912. The van der Waals surface area contributed by atoms with Crippen LogP contribution in [0.25, 0.3) is 0 Å². The minimum Gasteiger partial charge on any atom is -0.475 e. The average Bonchev–Trinajstić information content (AvgIpc) is 1.93. The lowest BCUT2D eigenvalue weighted by Crippen LogP contribution is -2.14. The molecule has 0 N–H and O–H groups in total. The van der Waals surface area contributed by atoms with Gasteiger partial charge in [-0.3, -0.25) is 4.99 Å². The summed E-state index contributed by atoms with van der Waals surface area (Å²) in [5, 5.41) is 0. The Morgan fingerprint density at radius 1 is 1.64 bits per heavy atom. The van der Waals surface area contributed by atoms with Crippen LogP contribution in [0.1, 0.15) is 20.8 Å². The lowest BCUT2D eigenvalue weighted by molar-refractivity contribution is 0.228. The molecule has 2 heteroatoms. The zero-order valence-electron chi connectivity index (χ0n) is 7.37. The third-order valence-electron chi connectivity index (χ3n) is 1.46.